The van der Waals surface area contributed by atoms with E-state index in [-0.39, 0.29) is 12.0 Å². The van der Waals surface area contributed by atoms with Crippen molar-refractivity contribution in [2.45, 2.75) is 38.0 Å². The van der Waals surface area contributed by atoms with E-state index in [1.165, 1.54) is 0 Å². The molecule has 0 spiro atoms. The first kappa shape index (κ1) is 14.8. The van der Waals surface area contributed by atoms with E-state index in [9.17, 15) is 4.79 Å². The van der Waals surface area contributed by atoms with Crippen molar-refractivity contribution < 1.29 is 9.53 Å². The predicted molar refractivity (Wildman–Crippen MR) is 92.3 cm³/mol. The molecule has 2 aromatic carbocycles. The summed E-state index contributed by atoms with van der Waals surface area (Å²) < 4.78 is 6.93. The highest BCUT2D eigenvalue weighted by molar-refractivity contribution is 9.10. The number of carbonyl (C=O) groups is 1. The number of amides is 1. The van der Waals surface area contributed by atoms with Gasteiger partial charge in [0.05, 0.1) is 0 Å². The molecule has 2 aromatic rings. The fourth-order valence-corrected chi connectivity index (χ4v) is 3.56. The Morgan fingerprint density at radius 3 is 2.74 bits per heavy atom. The lowest BCUT2D eigenvalue weighted by molar-refractivity contribution is -0.139. The summed E-state index contributed by atoms with van der Waals surface area (Å²) in [6.45, 7) is 0.652. The average molecular weight is 372 g/mol. The molecule has 2 aliphatic rings. The quantitative estimate of drug-likeness (QED) is 0.814. The minimum absolute atomic E-state index is 0.115. The third kappa shape index (κ3) is 3.13. The molecule has 1 fully saturated rings. The van der Waals surface area contributed by atoms with Gasteiger partial charge in [0, 0.05) is 23.5 Å². The van der Waals surface area contributed by atoms with Crippen molar-refractivity contribution in [1.82, 2.24) is 4.90 Å². The van der Waals surface area contributed by atoms with E-state index >= 15 is 0 Å². The summed E-state index contributed by atoms with van der Waals surface area (Å²) >= 11 is 3.50. The van der Waals surface area contributed by atoms with Crippen LogP contribution in [0.1, 0.15) is 24.0 Å². The molecule has 1 aliphatic carbocycles. The average Bonchev–Trinajstić information content (AvgIpc) is 3.30. The Bertz CT molecular complexity index is 717. The van der Waals surface area contributed by atoms with Crippen LogP contribution in [0.15, 0.2) is 53.0 Å². The number of fused-ring (bicyclic) bond motifs is 1. The summed E-state index contributed by atoms with van der Waals surface area (Å²) in [5.41, 5.74) is 2.28. The van der Waals surface area contributed by atoms with Gasteiger partial charge in [0.25, 0.3) is 5.91 Å². The normalized spacial score (nSPS) is 19.1. The van der Waals surface area contributed by atoms with Crippen LogP contribution in [0.5, 0.6) is 5.75 Å². The molecule has 4 heteroatoms. The minimum atomic E-state index is -0.375. The van der Waals surface area contributed by atoms with Gasteiger partial charge in [0.15, 0.2) is 6.10 Å². The fourth-order valence-electron chi connectivity index (χ4n) is 3.11. The minimum Gasteiger partial charge on any atom is -0.480 e. The highest BCUT2D eigenvalue weighted by Crippen LogP contribution is 2.33. The summed E-state index contributed by atoms with van der Waals surface area (Å²) in [6.07, 6.45) is 2.50. The zero-order valence-corrected chi connectivity index (χ0v) is 14.3. The standard InChI is InChI=1S/C19H18BrNO2/c20-15-6-3-4-13(10-15)12-21(16-8-9-16)19(22)18-11-14-5-1-2-7-17(14)23-18/h1-7,10,16,18H,8-9,11-12H2. The van der Waals surface area contributed by atoms with E-state index < -0.39 is 0 Å². The number of carbonyl (C=O) groups excluding carboxylic acids is 1. The maximum Gasteiger partial charge on any atom is 0.264 e. The molecule has 0 N–H and O–H groups in total. The SMILES string of the molecule is O=C(C1Cc2ccccc2O1)N(Cc1cccc(Br)c1)C1CC1. The van der Waals surface area contributed by atoms with Crippen LogP contribution in [0, 0.1) is 0 Å². The molecular weight excluding hydrogens is 354 g/mol. The lowest BCUT2D eigenvalue weighted by Gasteiger charge is -2.25. The van der Waals surface area contributed by atoms with Crippen LogP contribution >= 0.6 is 15.9 Å². The van der Waals surface area contributed by atoms with Crippen LogP contribution in [-0.2, 0) is 17.8 Å². The van der Waals surface area contributed by atoms with Crippen molar-refractivity contribution in [2.75, 3.05) is 0 Å². The predicted octanol–water partition coefficient (Wildman–Crippen LogP) is 3.94. The van der Waals surface area contributed by atoms with Gasteiger partial charge in [-0.2, -0.15) is 0 Å². The monoisotopic (exact) mass is 371 g/mol. The Balaban J connectivity index is 1.51. The molecule has 1 amide bonds. The first-order chi connectivity index (χ1) is 11.2. The molecule has 0 bridgehead atoms. The molecule has 1 atom stereocenters. The molecule has 0 saturated heterocycles. The summed E-state index contributed by atoms with van der Waals surface area (Å²) in [5.74, 6) is 0.965. The highest BCUT2D eigenvalue weighted by Gasteiger charge is 2.39. The van der Waals surface area contributed by atoms with Crippen LogP contribution in [0.25, 0.3) is 0 Å². The van der Waals surface area contributed by atoms with Crippen LogP contribution in [0.2, 0.25) is 0 Å². The molecule has 0 aromatic heterocycles. The smallest absolute Gasteiger partial charge is 0.264 e. The van der Waals surface area contributed by atoms with E-state index in [4.69, 9.17) is 4.74 Å². The van der Waals surface area contributed by atoms with E-state index in [0.717, 1.165) is 34.2 Å². The van der Waals surface area contributed by atoms with Crippen LogP contribution in [0.4, 0.5) is 0 Å². The second-order valence-corrected chi connectivity index (χ2v) is 7.16. The van der Waals surface area contributed by atoms with Gasteiger partial charge >= 0.3 is 0 Å². The van der Waals surface area contributed by atoms with Crippen LogP contribution in [-0.4, -0.2) is 23.0 Å². The number of ether oxygens (including phenoxy) is 1. The van der Waals surface area contributed by atoms with Gasteiger partial charge in [-0.05, 0) is 42.2 Å². The van der Waals surface area contributed by atoms with Gasteiger partial charge < -0.3 is 9.64 Å². The fraction of sp³-hybridized carbons (Fsp3) is 0.316. The van der Waals surface area contributed by atoms with Gasteiger partial charge in [-0.25, -0.2) is 0 Å². The number of hydrogen-bond acceptors (Lipinski definition) is 2. The Morgan fingerprint density at radius 1 is 1.17 bits per heavy atom. The van der Waals surface area contributed by atoms with E-state index in [2.05, 4.69) is 28.1 Å². The van der Waals surface area contributed by atoms with Gasteiger partial charge in [-0.3, -0.25) is 4.79 Å². The van der Waals surface area contributed by atoms with Crippen molar-refractivity contribution in [1.29, 1.82) is 0 Å². The molecule has 23 heavy (non-hydrogen) atoms. The van der Waals surface area contributed by atoms with Crippen LogP contribution in [0.3, 0.4) is 0 Å². The van der Waals surface area contributed by atoms with E-state index in [1.54, 1.807) is 0 Å². The zero-order chi connectivity index (χ0) is 15.8. The third-order valence-electron chi connectivity index (χ3n) is 4.44. The Labute approximate surface area is 144 Å². The number of rotatable bonds is 4. The van der Waals surface area contributed by atoms with E-state index in [0.29, 0.717) is 19.0 Å². The van der Waals surface area contributed by atoms with Crippen molar-refractivity contribution in [2.24, 2.45) is 0 Å². The lowest BCUT2D eigenvalue weighted by atomic mass is 10.1. The van der Waals surface area contributed by atoms with Crippen LogP contribution < -0.4 is 4.74 Å². The Morgan fingerprint density at radius 2 is 2.00 bits per heavy atom. The second kappa shape index (κ2) is 6.00. The molecule has 3 nitrogen and oxygen atoms in total. The maximum atomic E-state index is 13.0. The topological polar surface area (TPSA) is 29.5 Å². The molecule has 4 rings (SSSR count). The molecule has 1 unspecified atom stereocenters. The summed E-state index contributed by atoms with van der Waals surface area (Å²) in [5, 5.41) is 0. The second-order valence-electron chi connectivity index (χ2n) is 6.25. The number of para-hydroxylation sites is 1. The maximum absolute atomic E-state index is 13.0. The summed E-state index contributed by atoms with van der Waals surface area (Å²) in [4.78, 5) is 15.0. The van der Waals surface area contributed by atoms with E-state index in [1.807, 2.05) is 41.3 Å². The number of halogens is 1. The van der Waals surface area contributed by atoms with Gasteiger partial charge in [0.2, 0.25) is 0 Å². The molecule has 1 saturated carbocycles. The number of nitrogens with zero attached hydrogens (tertiary/aromatic N) is 1. The highest BCUT2D eigenvalue weighted by atomic mass is 79.9. The molecular formula is C19H18BrNO2. The first-order valence-electron chi connectivity index (χ1n) is 8.00. The Kier molecular flexibility index (Phi) is 3.85. The Hall–Kier alpha value is -1.81. The third-order valence-corrected chi connectivity index (χ3v) is 4.93. The van der Waals surface area contributed by atoms with Gasteiger partial charge in [-0.15, -0.1) is 0 Å². The van der Waals surface area contributed by atoms with Crippen molar-refractivity contribution in [3.05, 3.63) is 64.1 Å². The number of hydrogen-bond donors (Lipinski definition) is 0. The molecule has 118 valence electrons. The molecule has 0 radical (unpaired) electrons. The first-order valence-corrected chi connectivity index (χ1v) is 8.79. The van der Waals surface area contributed by atoms with Gasteiger partial charge in [0.1, 0.15) is 5.75 Å². The lowest BCUT2D eigenvalue weighted by Crippen LogP contribution is -2.42. The molecule has 1 heterocycles. The largest absolute Gasteiger partial charge is 0.480 e. The zero-order valence-electron chi connectivity index (χ0n) is 12.7. The van der Waals surface area contributed by atoms with Gasteiger partial charge in [-0.1, -0.05) is 46.3 Å². The summed E-state index contributed by atoms with van der Waals surface area (Å²) in [6, 6.07) is 16.5. The van der Waals surface area contributed by atoms with Crippen molar-refractivity contribution in [3.63, 3.8) is 0 Å². The molecule has 1 aliphatic heterocycles. The summed E-state index contributed by atoms with van der Waals surface area (Å²) in [7, 11) is 0. The number of benzene rings is 2. The van der Waals surface area contributed by atoms with Crippen molar-refractivity contribution in [3.8, 4) is 5.75 Å². The van der Waals surface area contributed by atoms with Crippen molar-refractivity contribution >= 4 is 21.8 Å².